The molecule has 1 atom stereocenters. The molecule has 0 saturated heterocycles. The van der Waals surface area contributed by atoms with Gasteiger partial charge in [-0.15, -0.1) is 0 Å². The van der Waals surface area contributed by atoms with Crippen LogP contribution in [0.3, 0.4) is 0 Å². The largest absolute Gasteiger partial charge is 0.462 e. The maximum absolute atomic E-state index is 13.0. The highest BCUT2D eigenvalue weighted by atomic mass is 16.6. The van der Waals surface area contributed by atoms with E-state index in [2.05, 4.69) is 167 Å². The summed E-state index contributed by atoms with van der Waals surface area (Å²) in [6.45, 7) is 6.39. The minimum absolute atomic E-state index is 0.0997. The van der Waals surface area contributed by atoms with Crippen molar-refractivity contribution in [2.75, 3.05) is 13.2 Å². The summed E-state index contributed by atoms with van der Waals surface area (Å²) in [6, 6.07) is 0. The molecular weight excluding hydrogens is 1010 g/mol. The molecule has 464 valence electrons. The fourth-order valence-electron chi connectivity index (χ4n) is 9.10. The van der Waals surface area contributed by atoms with Crippen molar-refractivity contribution in [3.63, 3.8) is 0 Å². The quantitative estimate of drug-likeness (QED) is 0.0261. The molecule has 0 aliphatic heterocycles. The van der Waals surface area contributed by atoms with Gasteiger partial charge in [-0.1, -0.05) is 301 Å². The third kappa shape index (κ3) is 66.1. The van der Waals surface area contributed by atoms with E-state index in [4.69, 9.17) is 14.2 Å². The Kier molecular flexibility index (Phi) is 64.8. The van der Waals surface area contributed by atoms with Crippen molar-refractivity contribution in [3.8, 4) is 0 Å². The fraction of sp³-hybridized carbons (Fsp3) is 0.645. The molecule has 0 spiro atoms. The minimum atomic E-state index is -0.810. The summed E-state index contributed by atoms with van der Waals surface area (Å²) in [4.78, 5) is 38.4. The summed E-state index contributed by atoms with van der Waals surface area (Å²) in [5.74, 6) is -0.945. The van der Waals surface area contributed by atoms with Crippen LogP contribution in [-0.2, 0) is 28.6 Å². The molecule has 0 aromatic carbocycles. The van der Waals surface area contributed by atoms with Crippen molar-refractivity contribution >= 4 is 17.9 Å². The van der Waals surface area contributed by atoms with Crippen molar-refractivity contribution in [2.24, 2.45) is 0 Å². The number of hydrogen-bond acceptors (Lipinski definition) is 6. The first-order chi connectivity index (χ1) is 40.5. The molecule has 0 saturated carbocycles. The molecule has 0 heterocycles. The molecule has 0 N–H and O–H groups in total. The Hall–Kier alpha value is -4.71. The van der Waals surface area contributed by atoms with E-state index in [1.54, 1.807) is 0 Å². The molecule has 0 amide bonds. The van der Waals surface area contributed by atoms with E-state index in [0.29, 0.717) is 12.8 Å². The first-order valence-electron chi connectivity index (χ1n) is 33.8. The Balaban J connectivity index is 4.51. The highest BCUT2D eigenvalue weighted by Crippen LogP contribution is 2.16. The van der Waals surface area contributed by atoms with E-state index in [-0.39, 0.29) is 37.5 Å². The van der Waals surface area contributed by atoms with E-state index in [9.17, 15) is 14.4 Å². The van der Waals surface area contributed by atoms with Gasteiger partial charge in [0.2, 0.25) is 0 Å². The zero-order valence-electron chi connectivity index (χ0n) is 53.2. The zero-order valence-corrected chi connectivity index (χ0v) is 53.2. The standard InChI is InChI=1S/C76H124O6/c1-4-7-10-13-16-19-22-25-28-31-34-36-38-40-42-45-48-51-54-57-60-63-66-69-75(78)81-72-73(71-80-74(77)68-65-62-59-56-53-50-47-44-33-30-27-24-21-18-15-12-9-6-3)82-76(79)70-67-64-61-58-55-52-49-46-43-41-39-37-35-32-29-26-23-20-17-14-11-8-5-2/h7-8,10-11,16-17,19-20,25-26,28-29,34-37,40-43,48-49,51-52,73H,4-6,9,12-15,18,21-24,27,30-33,38-39,44-47,50,53-72H2,1-3H3/b10-7-,11-8-,19-16-,20-17-,28-25-,29-26-,36-34-,37-35-,42-40-,43-41-,51-48-,52-49-. The smallest absolute Gasteiger partial charge is 0.306 e. The van der Waals surface area contributed by atoms with Crippen LogP contribution in [0, 0.1) is 0 Å². The minimum Gasteiger partial charge on any atom is -0.462 e. The summed E-state index contributed by atoms with van der Waals surface area (Å²) in [6.07, 6.45) is 98.5. The summed E-state index contributed by atoms with van der Waals surface area (Å²) in [5.41, 5.74) is 0. The van der Waals surface area contributed by atoms with Crippen LogP contribution in [0.2, 0.25) is 0 Å². The van der Waals surface area contributed by atoms with Gasteiger partial charge in [-0.3, -0.25) is 14.4 Å². The van der Waals surface area contributed by atoms with E-state index < -0.39 is 6.10 Å². The van der Waals surface area contributed by atoms with Crippen molar-refractivity contribution < 1.29 is 28.6 Å². The summed E-state index contributed by atoms with van der Waals surface area (Å²) >= 11 is 0. The number of esters is 3. The molecule has 0 bridgehead atoms. The van der Waals surface area contributed by atoms with Crippen LogP contribution in [-0.4, -0.2) is 37.2 Å². The first kappa shape index (κ1) is 77.3. The summed E-state index contributed by atoms with van der Waals surface area (Å²) in [5, 5.41) is 0. The predicted octanol–water partition coefficient (Wildman–Crippen LogP) is 23.5. The number of carbonyl (C=O) groups is 3. The molecule has 0 aromatic rings. The number of unbranched alkanes of at least 4 members (excludes halogenated alkanes) is 25. The van der Waals surface area contributed by atoms with Crippen LogP contribution in [0.4, 0.5) is 0 Å². The predicted molar refractivity (Wildman–Crippen MR) is 357 cm³/mol. The SMILES string of the molecule is CC/C=C\C/C=C\C/C=C\C/C=C\C/C=C\C/C=C\CCCCCCC(=O)OCC(COC(=O)CCCCCCCCCCCCCCCCCCCC)OC(=O)CCCCCC/C=C\C/C=C\C/C=C\C/C=C\C/C=C\C/C=C\CC. The number of hydrogen-bond donors (Lipinski definition) is 0. The third-order valence-electron chi connectivity index (χ3n) is 14.1. The van der Waals surface area contributed by atoms with Crippen molar-refractivity contribution in [1.29, 1.82) is 0 Å². The highest BCUT2D eigenvalue weighted by Gasteiger charge is 2.19. The lowest BCUT2D eigenvalue weighted by Crippen LogP contribution is -2.30. The average molecular weight is 1130 g/mol. The van der Waals surface area contributed by atoms with Crippen LogP contribution in [0.15, 0.2) is 146 Å². The molecular formula is C76H124O6. The van der Waals surface area contributed by atoms with E-state index in [1.807, 2.05) is 0 Å². The molecule has 1 unspecified atom stereocenters. The Morgan fingerprint density at radius 2 is 0.476 bits per heavy atom. The molecule has 0 aromatic heterocycles. The van der Waals surface area contributed by atoms with Gasteiger partial charge in [0.25, 0.3) is 0 Å². The third-order valence-corrected chi connectivity index (χ3v) is 14.1. The number of allylic oxidation sites excluding steroid dienone is 24. The fourth-order valence-corrected chi connectivity index (χ4v) is 9.10. The lowest BCUT2D eigenvalue weighted by molar-refractivity contribution is -0.167. The average Bonchev–Trinajstić information content (AvgIpc) is 3.47. The van der Waals surface area contributed by atoms with Crippen LogP contribution < -0.4 is 0 Å². The normalized spacial score (nSPS) is 13.1. The van der Waals surface area contributed by atoms with Gasteiger partial charge in [0.1, 0.15) is 13.2 Å². The zero-order chi connectivity index (χ0) is 59.2. The number of ether oxygens (including phenoxy) is 3. The van der Waals surface area contributed by atoms with Crippen molar-refractivity contribution in [3.05, 3.63) is 146 Å². The van der Waals surface area contributed by atoms with E-state index in [0.717, 1.165) is 161 Å². The van der Waals surface area contributed by atoms with Gasteiger partial charge in [0.15, 0.2) is 6.10 Å². The molecule has 0 aliphatic carbocycles. The van der Waals surface area contributed by atoms with Crippen LogP contribution in [0.1, 0.15) is 297 Å². The van der Waals surface area contributed by atoms with Crippen LogP contribution in [0.5, 0.6) is 0 Å². The van der Waals surface area contributed by atoms with Gasteiger partial charge in [-0.2, -0.15) is 0 Å². The van der Waals surface area contributed by atoms with Crippen LogP contribution >= 0.6 is 0 Å². The summed E-state index contributed by atoms with van der Waals surface area (Å²) in [7, 11) is 0. The number of carbonyl (C=O) groups excluding carboxylic acids is 3. The molecule has 0 fully saturated rings. The molecule has 0 aliphatic rings. The van der Waals surface area contributed by atoms with Crippen molar-refractivity contribution in [1.82, 2.24) is 0 Å². The molecule has 6 nitrogen and oxygen atoms in total. The Morgan fingerprint density at radius 1 is 0.256 bits per heavy atom. The Bertz CT molecular complexity index is 1780. The second-order valence-electron chi connectivity index (χ2n) is 22.0. The first-order valence-corrected chi connectivity index (χ1v) is 33.8. The monoisotopic (exact) mass is 1130 g/mol. The maximum Gasteiger partial charge on any atom is 0.306 e. The lowest BCUT2D eigenvalue weighted by Gasteiger charge is -2.18. The summed E-state index contributed by atoms with van der Waals surface area (Å²) < 4.78 is 16.9. The second kappa shape index (κ2) is 68.8. The number of rotatable bonds is 60. The van der Waals surface area contributed by atoms with E-state index in [1.165, 1.54) is 96.3 Å². The Morgan fingerprint density at radius 3 is 0.744 bits per heavy atom. The van der Waals surface area contributed by atoms with Crippen LogP contribution in [0.25, 0.3) is 0 Å². The van der Waals surface area contributed by atoms with Gasteiger partial charge >= 0.3 is 17.9 Å². The van der Waals surface area contributed by atoms with Gasteiger partial charge in [-0.25, -0.2) is 0 Å². The molecule has 0 rings (SSSR count). The topological polar surface area (TPSA) is 78.9 Å². The molecule has 82 heavy (non-hydrogen) atoms. The van der Waals surface area contributed by atoms with Gasteiger partial charge in [-0.05, 0) is 122 Å². The van der Waals surface area contributed by atoms with Gasteiger partial charge in [0, 0.05) is 19.3 Å². The highest BCUT2D eigenvalue weighted by molar-refractivity contribution is 5.71. The lowest BCUT2D eigenvalue weighted by atomic mass is 10.0. The van der Waals surface area contributed by atoms with Gasteiger partial charge < -0.3 is 14.2 Å². The van der Waals surface area contributed by atoms with E-state index >= 15 is 0 Å². The molecule has 0 radical (unpaired) electrons. The second-order valence-corrected chi connectivity index (χ2v) is 22.0. The maximum atomic E-state index is 13.0. The van der Waals surface area contributed by atoms with Crippen molar-refractivity contribution in [2.45, 2.75) is 303 Å². The molecule has 6 heteroatoms. The Labute approximate surface area is 506 Å². The van der Waals surface area contributed by atoms with Gasteiger partial charge in [0.05, 0.1) is 0 Å².